The molecule has 156 valence electrons. The molecule has 9 heteroatoms. The molecule has 0 unspecified atom stereocenters. The van der Waals surface area contributed by atoms with Gasteiger partial charge in [-0.3, -0.25) is 10.0 Å². The summed E-state index contributed by atoms with van der Waals surface area (Å²) < 4.78 is 32.9. The fourth-order valence-electron chi connectivity index (χ4n) is 2.53. The van der Waals surface area contributed by atoms with Gasteiger partial charge in [0.05, 0.1) is 11.5 Å². The van der Waals surface area contributed by atoms with Gasteiger partial charge in [-0.2, -0.15) is 4.31 Å². The Kier molecular flexibility index (Phi) is 8.21. The number of carbonyl (C=O) groups excluding carboxylic acids is 1. The molecule has 2 aromatic carbocycles. The van der Waals surface area contributed by atoms with Crippen LogP contribution in [-0.2, 0) is 21.4 Å². The zero-order valence-corrected chi connectivity index (χ0v) is 17.5. The molecule has 0 saturated heterocycles. The van der Waals surface area contributed by atoms with Crippen LogP contribution < -0.4 is 10.2 Å². The van der Waals surface area contributed by atoms with Crippen molar-refractivity contribution in [3.05, 3.63) is 71.8 Å². The minimum atomic E-state index is -4.05. The summed E-state index contributed by atoms with van der Waals surface area (Å²) in [5, 5.41) is 9.48. The van der Waals surface area contributed by atoms with Gasteiger partial charge in [-0.05, 0) is 55.3 Å². The lowest BCUT2D eigenvalue weighted by atomic mass is 10.2. The number of amides is 1. The van der Waals surface area contributed by atoms with E-state index in [-0.39, 0.29) is 11.4 Å². The molecule has 2 N–H and O–H groups in total. The van der Waals surface area contributed by atoms with Gasteiger partial charge in [0.1, 0.15) is 11.8 Å². The van der Waals surface area contributed by atoms with Gasteiger partial charge in [0, 0.05) is 11.6 Å². The Morgan fingerprint density at radius 1 is 1.24 bits per heavy atom. The van der Waals surface area contributed by atoms with Gasteiger partial charge < -0.3 is 4.74 Å². The summed E-state index contributed by atoms with van der Waals surface area (Å²) in [6.45, 7) is 5.37. The molecule has 0 radical (unpaired) electrons. The number of hydroxylamine groups is 1. The van der Waals surface area contributed by atoms with Crippen LogP contribution in [0.25, 0.3) is 0 Å². The third-order valence-electron chi connectivity index (χ3n) is 4.19. The molecule has 0 heterocycles. The second-order valence-electron chi connectivity index (χ2n) is 6.23. The maximum atomic E-state index is 13.2. The fourth-order valence-corrected chi connectivity index (χ4v) is 4.24. The first-order valence-corrected chi connectivity index (χ1v) is 10.7. The molecule has 0 aliphatic heterocycles. The van der Waals surface area contributed by atoms with E-state index in [0.29, 0.717) is 29.4 Å². The molecule has 29 heavy (non-hydrogen) atoms. The highest BCUT2D eigenvalue weighted by molar-refractivity contribution is 7.89. The summed E-state index contributed by atoms with van der Waals surface area (Å²) in [5.74, 6) is -0.317. The Morgan fingerprint density at radius 3 is 2.41 bits per heavy atom. The van der Waals surface area contributed by atoms with E-state index in [2.05, 4.69) is 6.58 Å². The zero-order chi connectivity index (χ0) is 21.4. The average molecular weight is 439 g/mol. The number of nitrogens with one attached hydrogen (secondary N) is 1. The number of benzene rings is 2. The van der Waals surface area contributed by atoms with Crippen molar-refractivity contribution < 1.29 is 23.2 Å². The van der Waals surface area contributed by atoms with Crippen LogP contribution in [-0.4, -0.2) is 36.5 Å². The zero-order valence-electron chi connectivity index (χ0n) is 15.9. The van der Waals surface area contributed by atoms with Crippen molar-refractivity contribution in [1.82, 2.24) is 9.79 Å². The first kappa shape index (κ1) is 22.9. The molecule has 7 nitrogen and oxygen atoms in total. The average Bonchev–Trinajstić information content (AvgIpc) is 2.72. The summed E-state index contributed by atoms with van der Waals surface area (Å²) >= 11 is 5.88. The lowest BCUT2D eigenvalue weighted by molar-refractivity contribution is -0.132. The maximum absolute atomic E-state index is 13.2. The van der Waals surface area contributed by atoms with Crippen molar-refractivity contribution in [2.24, 2.45) is 0 Å². The lowest BCUT2D eigenvalue weighted by Gasteiger charge is -2.27. The third kappa shape index (κ3) is 6.04. The molecule has 0 fully saturated rings. The van der Waals surface area contributed by atoms with Crippen LogP contribution in [0.1, 0.15) is 18.9 Å². The van der Waals surface area contributed by atoms with E-state index in [1.54, 1.807) is 42.5 Å². The standard InChI is InChI=1S/C20H23ClN2O5S/c1-3-4-13-28-18-9-11-19(12-10-18)29(26,27)23(15(2)20(24)22-25)14-16-5-7-17(21)8-6-16/h3,5-12,15,25H,1,4,13-14H2,2H3,(H,22,24)/t15-/m1/s1. The Labute approximate surface area is 175 Å². The van der Waals surface area contributed by atoms with Gasteiger partial charge in [0.15, 0.2) is 0 Å². The Morgan fingerprint density at radius 2 is 1.86 bits per heavy atom. The summed E-state index contributed by atoms with van der Waals surface area (Å²) in [6.07, 6.45) is 2.39. The molecule has 1 atom stereocenters. The highest BCUT2D eigenvalue weighted by Crippen LogP contribution is 2.24. The number of hydrogen-bond acceptors (Lipinski definition) is 5. The third-order valence-corrected chi connectivity index (χ3v) is 6.38. The van der Waals surface area contributed by atoms with Crippen LogP contribution in [0.15, 0.2) is 66.1 Å². The van der Waals surface area contributed by atoms with E-state index < -0.39 is 22.0 Å². The van der Waals surface area contributed by atoms with E-state index in [4.69, 9.17) is 21.5 Å². The van der Waals surface area contributed by atoms with E-state index in [0.717, 1.165) is 4.31 Å². The van der Waals surface area contributed by atoms with Gasteiger partial charge in [0.2, 0.25) is 10.0 Å². The van der Waals surface area contributed by atoms with Gasteiger partial charge >= 0.3 is 0 Å². The molecule has 0 aromatic heterocycles. The number of nitrogens with zero attached hydrogens (tertiary/aromatic N) is 1. The Bertz CT molecular complexity index is 930. The molecule has 1 amide bonds. The van der Waals surface area contributed by atoms with E-state index in [9.17, 15) is 13.2 Å². The van der Waals surface area contributed by atoms with Crippen molar-refractivity contribution in [3.8, 4) is 5.75 Å². The molecule has 0 saturated carbocycles. The largest absolute Gasteiger partial charge is 0.493 e. The number of hydrogen-bond donors (Lipinski definition) is 2. The summed E-state index contributed by atoms with van der Waals surface area (Å²) in [7, 11) is -4.05. The van der Waals surface area contributed by atoms with Gasteiger partial charge in [-0.1, -0.05) is 29.8 Å². The molecule has 0 aliphatic carbocycles. The van der Waals surface area contributed by atoms with Gasteiger partial charge in [0.25, 0.3) is 5.91 Å². The highest BCUT2D eigenvalue weighted by Gasteiger charge is 2.33. The molecule has 0 spiro atoms. The van der Waals surface area contributed by atoms with E-state index in [1.807, 2.05) is 0 Å². The van der Waals surface area contributed by atoms with Crippen LogP contribution in [0, 0.1) is 0 Å². The van der Waals surface area contributed by atoms with E-state index >= 15 is 0 Å². The number of halogens is 1. The first-order chi connectivity index (χ1) is 13.8. The SMILES string of the molecule is C=CCCOc1ccc(S(=O)(=O)N(Cc2ccc(Cl)cc2)[C@H](C)C(=O)NO)cc1. The fraction of sp³-hybridized carbons (Fsp3) is 0.250. The topological polar surface area (TPSA) is 95.9 Å². The Balaban J connectivity index is 2.32. The number of sulfonamides is 1. The second-order valence-corrected chi connectivity index (χ2v) is 8.55. The van der Waals surface area contributed by atoms with Crippen molar-refractivity contribution in [2.45, 2.75) is 30.8 Å². The summed E-state index contributed by atoms with van der Waals surface area (Å²) in [6, 6.07) is 11.4. The summed E-state index contributed by atoms with van der Waals surface area (Å²) in [5.41, 5.74) is 2.15. The van der Waals surface area contributed by atoms with Crippen LogP contribution in [0.3, 0.4) is 0 Å². The lowest BCUT2D eigenvalue weighted by Crippen LogP contribution is -2.46. The first-order valence-electron chi connectivity index (χ1n) is 8.83. The maximum Gasteiger partial charge on any atom is 0.261 e. The monoisotopic (exact) mass is 438 g/mol. The predicted octanol–water partition coefficient (Wildman–Crippen LogP) is 3.38. The minimum Gasteiger partial charge on any atom is -0.493 e. The smallest absolute Gasteiger partial charge is 0.261 e. The quantitative estimate of drug-likeness (QED) is 0.256. The highest BCUT2D eigenvalue weighted by atomic mass is 35.5. The second kappa shape index (κ2) is 10.4. The van der Waals surface area contributed by atoms with Crippen molar-refractivity contribution in [3.63, 3.8) is 0 Å². The number of carbonyl (C=O) groups is 1. The van der Waals surface area contributed by atoms with Crippen molar-refractivity contribution in [1.29, 1.82) is 0 Å². The molecular formula is C20H23ClN2O5S. The van der Waals surface area contributed by atoms with Gasteiger partial charge in [-0.25, -0.2) is 13.9 Å². The Hall–Kier alpha value is -2.39. The molecule has 0 bridgehead atoms. The normalized spacial score (nSPS) is 12.4. The summed E-state index contributed by atoms with van der Waals surface area (Å²) in [4.78, 5) is 12.0. The van der Waals surface area contributed by atoms with Crippen LogP contribution in [0.5, 0.6) is 5.75 Å². The molecular weight excluding hydrogens is 416 g/mol. The van der Waals surface area contributed by atoms with Crippen LogP contribution in [0.2, 0.25) is 5.02 Å². The van der Waals surface area contributed by atoms with Crippen LogP contribution in [0.4, 0.5) is 0 Å². The van der Waals surface area contributed by atoms with Crippen molar-refractivity contribution in [2.75, 3.05) is 6.61 Å². The minimum absolute atomic E-state index is 0.000115. The van der Waals surface area contributed by atoms with Crippen LogP contribution >= 0.6 is 11.6 Å². The van der Waals surface area contributed by atoms with Crippen molar-refractivity contribution >= 4 is 27.5 Å². The predicted molar refractivity (Wildman–Crippen MR) is 110 cm³/mol. The van der Waals surface area contributed by atoms with Gasteiger partial charge in [-0.15, -0.1) is 6.58 Å². The number of rotatable bonds is 10. The van der Waals surface area contributed by atoms with E-state index in [1.165, 1.54) is 24.5 Å². The molecule has 2 aromatic rings. The molecule has 0 aliphatic rings. The molecule has 2 rings (SSSR count). The number of ether oxygens (including phenoxy) is 1.